The van der Waals surface area contributed by atoms with Crippen LogP contribution < -0.4 is 0 Å². The molecule has 1 aliphatic heterocycles. The van der Waals surface area contributed by atoms with Gasteiger partial charge >= 0.3 is 12.1 Å². The number of hydrogen-bond donors (Lipinski definition) is 1. The molecule has 96 valence electrons. The molecule has 1 N–H and O–H groups in total. The smallest absolute Gasteiger partial charge is 0.422 e. The monoisotopic (exact) mass is 253 g/mol. The average Bonchev–Trinajstić information content (AvgIpc) is 2.38. The number of nitrogens with zero attached hydrogens (tertiary/aromatic N) is 1. The Morgan fingerprint density at radius 2 is 1.88 bits per heavy atom. The van der Waals surface area contributed by atoms with Crippen LogP contribution in [0.25, 0.3) is 0 Å². The third kappa shape index (κ3) is 1.77. The maximum Gasteiger partial charge on any atom is 0.422 e. The van der Waals surface area contributed by atoms with E-state index in [9.17, 15) is 27.6 Å². The molecule has 0 aromatic heterocycles. The Balaban J connectivity index is 3.31. The normalized spacial score (nSPS) is 25.0. The van der Waals surface area contributed by atoms with E-state index in [0.717, 1.165) is 0 Å². The molecule has 2 amide bonds. The first-order valence-electron chi connectivity index (χ1n) is 4.70. The molecule has 17 heavy (non-hydrogen) atoms. The van der Waals surface area contributed by atoms with Gasteiger partial charge < -0.3 is 5.11 Å². The Morgan fingerprint density at radius 3 is 2.12 bits per heavy atom. The van der Waals surface area contributed by atoms with Gasteiger partial charge in [0, 0.05) is 12.3 Å². The second-order valence-electron chi connectivity index (χ2n) is 4.05. The molecule has 0 aromatic rings. The van der Waals surface area contributed by atoms with E-state index >= 15 is 0 Å². The number of amides is 2. The molecule has 1 heterocycles. The second kappa shape index (κ2) is 3.71. The fraction of sp³-hybridized carbons (Fsp3) is 0.667. The van der Waals surface area contributed by atoms with E-state index in [0.29, 0.717) is 6.92 Å². The predicted molar refractivity (Wildman–Crippen MR) is 47.7 cm³/mol. The average molecular weight is 253 g/mol. The number of alkyl halides is 3. The van der Waals surface area contributed by atoms with Gasteiger partial charge in [0.05, 0.1) is 0 Å². The van der Waals surface area contributed by atoms with E-state index in [-0.39, 0.29) is 4.90 Å². The lowest BCUT2D eigenvalue weighted by atomic mass is 9.99. The van der Waals surface area contributed by atoms with Crippen LogP contribution in [0.3, 0.4) is 0 Å². The lowest BCUT2D eigenvalue weighted by Crippen LogP contribution is -2.63. The maximum absolute atomic E-state index is 12.8. The lowest BCUT2D eigenvalue weighted by molar-refractivity contribution is -0.230. The number of halogens is 3. The minimum atomic E-state index is -5.23. The van der Waals surface area contributed by atoms with Gasteiger partial charge in [-0.05, 0) is 6.92 Å². The molecule has 2 atom stereocenters. The summed E-state index contributed by atoms with van der Waals surface area (Å²) in [5, 5.41) is 8.68. The van der Waals surface area contributed by atoms with Crippen molar-refractivity contribution in [3.05, 3.63) is 0 Å². The van der Waals surface area contributed by atoms with Gasteiger partial charge in [0.2, 0.25) is 17.4 Å². The Labute approximate surface area is 94.2 Å². The predicted octanol–water partition coefficient (Wildman–Crippen LogP) is 0.787. The third-order valence-corrected chi connectivity index (χ3v) is 2.79. The zero-order valence-electron chi connectivity index (χ0n) is 9.04. The van der Waals surface area contributed by atoms with Crippen molar-refractivity contribution < 1.29 is 32.7 Å². The zero-order chi connectivity index (χ0) is 13.6. The summed E-state index contributed by atoms with van der Waals surface area (Å²) in [5.41, 5.74) is -3.51. The van der Waals surface area contributed by atoms with Crippen LogP contribution in [0, 0.1) is 5.92 Å². The number of hydrogen-bond acceptors (Lipinski definition) is 3. The fourth-order valence-electron chi connectivity index (χ4n) is 1.60. The number of carboxylic acid groups (broad SMARTS) is 1. The number of carboxylic acids is 1. The number of carbonyl (C=O) groups excluding carboxylic acids is 2. The van der Waals surface area contributed by atoms with Crippen molar-refractivity contribution in [3.8, 4) is 0 Å². The van der Waals surface area contributed by atoms with E-state index in [1.807, 2.05) is 0 Å². The van der Waals surface area contributed by atoms with Crippen LogP contribution in [0.5, 0.6) is 0 Å². The summed E-state index contributed by atoms with van der Waals surface area (Å²) in [6.07, 6.45) is -5.63. The van der Waals surface area contributed by atoms with Crippen LogP contribution >= 0.6 is 0 Å². The van der Waals surface area contributed by atoms with Crippen molar-refractivity contribution in [3.63, 3.8) is 0 Å². The Kier molecular flexibility index (Phi) is 2.94. The first-order valence-corrected chi connectivity index (χ1v) is 4.70. The van der Waals surface area contributed by atoms with Gasteiger partial charge in [0.15, 0.2) is 0 Å². The number of imide groups is 1. The molecule has 8 heteroatoms. The van der Waals surface area contributed by atoms with E-state index in [4.69, 9.17) is 5.11 Å². The molecule has 0 aliphatic carbocycles. The Morgan fingerprint density at radius 1 is 1.41 bits per heavy atom. The molecule has 1 aliphatic rings. The van der Waals surface area contributed by atoms with Crippen molar-refractivity contribution in [2.75, 3.05) is 0 Å². The number of rotatable bonds is 2. The highest BCUT2D eigenvalue weighted by molar-refractivity contribution is 6.07. The molecule has 0 aromatic carbocycles. The summed E-state index contributed by atoms with van der Waals surface area (Å²) < 4.78 is 38.3. The lowest BCUT2D eigenvalue weighted by Gasteiger charge is -2.34. The van der Waals surface area contributed by atoms with Gasteiger partial charge in [-0.15, -0.1) is 0 Å². The van der Waals surface area contributed by atoms with Gasteiger partial charge in [-0.1, -0.05) is 6.92 Å². The highest BCUT2D eigenvalue weighted by atomic mass is 19.4. The quantitative estimate of drug-likeness (QED) is 0.738. The summed E-state index contributed by atoms with van der Waals surface area (Å²) in [6, 6.07) is 0. The highest BCUT2D eigenvalue weighted by Crippen LogP contribution is 2.39. The van der Waals surface area contributed by atoms with E-state index in [1.165, 1.54) is 6.92 Å². The summed E-state index contributed by atoms with van der Waals surface area (Å²) >= 11 is 0. The molecular formula is C9H10F3NO4. The minimum Gasteiger partial charge on any atom is -0.479 e. The molecule has 0 bridgehead atoms. The molecule has 5 nitrogen and oxygen atoms in total. The first kappa shape index (κ1) is 13.5. The van der Waals surface area contributed by atoms with Crippen LogP contribution in [0.15, 0.2) is 0 Å². The molecule has 1 fully saturated rings. The Hall–Kier alpha value is -1.60. The molecule has 0 radical (unpaired) electrons. The van der Waals surface area contributed by atoms with Gasteiger partial charge in [0.1, 0.15) is 0 Å². The summed E-state index contributed by atoms with van der Waals surface area (Å²) in [6.45, 7) is 1.59. The second-order valence-corrected chi connectivity index (χ2v) is 4.05. The van der Waals surface area contributed by atoms with Crippen molar-refractivity contribution >= 4 is 17.8 Å². The van der Waals surface area contributed by atoms with Crippen molar-refractivity contribution in [1.29, 1.82) is 0 Å². The standard InChI is InChI=1S/C9H10F3NO4/c1-4-3-5(14)13(6(4)15)8(2,7(16)17)9(10,11)12/h4H,3H2,1-2H3,(H,16,17). The van der Waals surface area contributed by atoms with E-state index in [2.05, 4.69) is 0 Å². The fourth-order valence-corrected chi connectivity index (χ4v) is 1.60. The highest BCUT2D eigenvalue weighted by Gasteiger charge is 2.66. The van der Waals surface area contributed by atoms with Gasteiger partial charge in [-0.2, -0.15) is 13.2 Å². The molecule has 2 unspecified atom stereocenters. The minimum absolute atomic E-state index is 0.194. The summed E-state index contributed by atoms with van der Waals surface area (Å²) in [5.74, 6) is -5.44. The molecular weight excluding hydrogens is 243 g/mol. The molecule has 1 rings (SSSR count). The van der Waals surface area contributed by atoms with Crippen LogP contribution in [0.1, 0.15) is 20.3 Å². The van der Waals surface area contributed by atoms with Crippen molar-refractivity contribution in [2.45, 2.75) is 32.0 Å². The largest absolute Gasteiger partial charge is 0.479 e. The SMILES string of the molecule is CC1CC(=O)N(C(C)(C(=O)O)C(F)(F)F)C1=O. The van der Waals surface area contributed by atoms with Crippen LogP contribution in [-0.4, -0.2) is 39.5 Å². The maximum atomic E-state index is 12.8. The topological polar surface area (TPSA) is 74.7 Å². The first-order chi connectivity index (χ1) is 7.53. The number of aliphatic carboxylic acids is 1. The number of likely N-dealkylation sites (tertiary alicyclic amines) is 1. The van der Waals surface area contributed by atoms with Gasteiger partial charge in [-0.3, -0.25) is 14.5 Å². The zero-order valence-corrected chi connectivity index (χ0v) is 9.04. The molecule has 0 saturated carbocycles. The summed E-state index contributed by atoms with van der Waals surface area (Å²) in [7, 11) is 0. The molecule has 0 spiro atoms. The Bertz CT molecular complexity index is 392. The third-order valence-electron chi connectivity index (χ3n) is 2.79. The number of carbonyl (C=O) groups is 3. The van der Waals surface area contributed by atoms with E-state index in [1.54, 1.807) is 0 Å². The molecule has 1 saturated heterocycles. The van der Waals surface area contributed by atoms with Crippen molar-refractivity contribution in [2.24, 2.45) is 5.92 Å². The van der Waals surface area contributed by atoms with Crippen LogP contribution in [0.2, 0.25) is 0 Å². The van der Waals surface area contributed by atoms with Gasteiger partial charge in [-0.25, -0.2) is 4.79 Å². The van der Waals surface area contributed by atoms with Crippen LogP contribution in [0.4, 0.5) is 13.2 Å². The van der Waals surface area contributed by atoms with Crippen LogP contribution in [-0.2, 0) is 14.4 Å². The van der Waals surface area contributed by atoms with E-state index < -0.39 is 41.8 Å². The van der Waals surface area contributed by atoms with Gasteiger partial charge in [0.25, 0.3) is 0 Å². The van der Waals surface area contributed by atoms with Crippen molar-refractivity contribution in [1.82, 2.24) is 4.90 Å². The summed E-state index contributed by atoms with van der Waals surface area (Å²) in [4.78, 5) is 33.4.